The molecule has 3 aromatic rings. The van der Waals surface area contributed by atoms with Crippen LogP contribution in [0.1, 0.15) is 24.5 Å². The molecule has 1 aromatic heterocycles. The molecule has 0 bridgehead atoms. The van der Waals surface area contributed by atoms with Crippen LogP contribution in [0.5, 0.6) is 11.5 Å². The third-order valence-electron chi connectivity index (χ3n) is 4.41. The molecule has 34 heavy (non-hydrogen) atoms. The highest BCUT2D eigenvalue weighted by atomic mass is 19.3. The Hall–Kier alpha value is -3.63. The van der Waals surface area contributed by atoms with Crippen molar-refractivity contribution in [2.24, 2.45) is 0 Å². The summed E-state index contributed by atoms with van der Waals surface area (Å²) < 4.78 is 105. The molecule has 0 spiro atoms. The number of hydrogen-bond donors (Lipinski definition) is 0. The predicted molar refractivity (Wildman–Crippen MR) is 108 cm³/mol. The maximum atomic E-state index is 14.6. The maximum absolute atomic E-state index is 14.6. The molecule has 0 aliphatic heterocycles. The van der Waals surface area contributed by atoms with Crippen LogP contribution in [-0.4, -0.2) is 16.4 Å². The summed E-state index contributed by atoms with van der Waals surface area (Å²) in [5.74, 6) is -6.32. The van der Waals surface area contributed by atoms with Gasteiger partial charge in [0.1, 0.15) is 11.6 Å². The van der Waals surface area contributed by atoms with E-state index >= 15 is 0 Å². The molecule has 0 radical (unpaired) electrons. The van der Waals surface area contributed by atoms with E-state index in [9.17, 15) is 30.7 Å². The van der Waals surface area contributed by atoms with Crippen LogP contribution in [0.25, 0.3) is 11.4 Å². The minimum atomic E-state index is -4.31. The average Bonchev–Trinajstić information content (AvgIpc) is 2.75. The van der Waals surface area contributed by atoms with Gasteiger partial charge in [0.15, 0.2) is 23.2 Å². The first-order chi connectivity index (χ1) is 16.1. The lowest BCUT2D eigenvalue weighted by Crippen LogP contribution is -2.23. The number of halogens is 7. The van der Waals surface area contributed by atoms with Crippen molar-refractivity contribution in [2.75, 3.05) is 0 Å². The van der Waals surface area contributed by atoms with Gasteiger partial charge in [-0.25, -0.2) is 31.9 Å². The number of benzene rings is 2. The van der Waals surface area contributed by atoms with Crippen molar-refractivity contribution in [2.45, 2.75) is 32.3 Å². The second-order valence-corrected chi connectivity index (χ2v) is 6.98. The third kappa shape index (κ3) is 6.03. The number of alkyl halides is 4. The first-order valence-electron chi connectivity index (χ1n) is 9.89. The summed E-state index contributed by atoms with van der Waals surface area (Å²) in [5.41, 5.74) is -0.195. The van der Waals surface area contributed by atoms with Gasteiger partial charge in [0.2, 0.25) is 0 Å². The minimum absolute atomic E-state index is 0.121. The summed E-state index contributed by atoms with van der Waals surface area (Å²) in [6.45, 7) is 1.98. The molecule has 11 heteroatoms. The quantitative estimate of drug-likeness (QED) is 0.247. The summed E-state index contributed by atoms with van der Waals surface area (Å²) in [5, 5.41) is 0. The van der Waals surface area contributed by atoms with Gasteiger partial charge in [0.05, 0.1) is 11.8 Å². The fourth-order valence-corrected chi connectivity index (χ4v) is 2.89. The summed E-state index contributed by atoms with van der Waals surface area (Å²) >= 11 is 0. The summed E-state index contributed by atoms with van der Waals surface area (Å²) in [7, 11) is 0. The highest BCUT2D eigenvalue weighted by molar-refractivity contribution is 5.55. The van der Waals surface area contributed by atoms with Crippen molar-refractivity contribution in [3.8, 4) is 22.9 Å². The van der Waals surface area contributed by atoms with Gasteiger partial charge in [-0.1, -0.05) is 19.4 Å². The van der Waals surface area contributed by atoms with Crippen LogP contribution >= 0.6 is 0 Å². The molecule has 0 amide bonds. The molecule has 0 aliphatic carbocycles. The van der Waals surface area contributed by atoms with Crippen molar-refractivity contribution in [1.82, 2.24) is 9.97 Å². The molecule has 4 nitrogen and oxygen atoms in total. The van der Waals surface area contributed by atoms with E-state index in [0.29, 0.717) is 18.4 Å². The zero-order chi connectivity index (χ0) is 24.9. The first kappa shape index (κ1) is 25.0. The number of rotatable bonds is 9. The lowest BCUT2D eigenvalue weighted by Gasteiger charge is -2.19. The lowest BCUT2D eigenvalue weighted by molar-refractivity contribution is -0.187. The SMILES string of the molecule is CCCc1cnc(-c2ccc(C(F)(F)Oc3cc(F)c(OC=CC(F)F)c(F)c3)c(F)c2)nc1. The van der Waals surface area contributed by atoms with E-state index in [0.717, 1.165) is 36.6 Å². The van der Waals surface area contributed by atoms with Crippen LogP contribution < -0.4 is 9.47 Å². The van der Waals surface area contributed by atoms with Crippen LogP contribution in [0.2, 0.25) is 0 Å². The van der Waals surface area contributed by atoms with Crippen LogP contribution in [0, 0.1) is 17.5 Å². The second-order valence-electron chi connectivity index (χ2n) is 6.98. The fraction of sp³-hybridized carbons (Fsp3) is 0.217. The Morgan fingerprint density at radius 2 is 1.62 bits per heavy atom. The van der Waals surface area contributed by atoms with Gasteiger partial charge in [0.25, 0.3) is 6.43 Å². The van der Waals surface area contributed by atoms with E-state index in [1.807, 2.05) is 6.92 Å². The Kier molecular flexibility index (Phi) is 7.75. The average molecular weight is 486 g/mol. The molecule has 0 atom stereocenters. The Bertz CT molecular complexity index is 1150. The van der Waals surface area contributed by atoms with Gasteiger partial charge in [-0.2, -0.15) is 8.78 Å². The lowest BCUT2D eigenvalue weighted by atomic mass is 10.1. The summed E-state index contributed by atoms with van der Waals surface area (Å²) in [4.78, 5) is 8.18. The molecule has 180 valence electrons. The van der Waals surface area contributed by atoms with Gasteiger partial charge in [-0.3, -0.25) is 0 Å². The van der Waals surface area contributed by atoms with E-state index in [1.165, 1.54) is 0 Å². The Balaban J connectivity index is 1.80. The zero-order valence-electron chi connectivity index (χ0n) is 17.5. The number of hydrogen-bond acceptors (Lipinski definition) is 4. The van der Waals surface area contributed by atoms with E-state index in [2.05, 4.69) is 19.4 Å². The predicted octanol–water partition coefficient (Wildman–Crippen LogP) is 6.80. The Morgan fingerprint density at radius 3 is 2.18 bits per heavy atom. The maximum Gasteiger partial charge on any atom is 0.429 e. The van der Waals surface area contributed by atoms with Crippen LogP contribution in [0.3, 0.4) is 0 Å². The molecular formula is C23H17F7N2O2. The van der Waals surface area contributed by atoms with E-state index < -0.39 is 47.0 Å². The molecule has 0 aliphatic rings. The summed E-state index contributed by atoms with van der Waals surface area (Å²) in [6.07, 6.45) is -1.96. The van der Waals surface area contributed by atoms with Crippen LogP contribution in [0.4, 0.5) is 30.7 Å². The molecule has 0 saturated carbocycles. The molecule has 3 rings (SSSR count). The molecule has 2 aromatic carbocycles. The van der Waals surface area contributed by atoms with Gasteiger partial charge in [0, 0.05) is 36.2 Å². The van der Waals surface area contributed by atoms with Crippen molar-refractivity contribution in [3.05, 3.63) is 83.6 Å². The second kappa shape index (κ2) is 10.5. The Morgan fingerprint density at radius 1 is 0.971 bits per heavy atom. The number of allylic oxidation sites excluding steroid dienone is 1. The Labute approximate surface area is 189 Å². The number of ether oxygens (including phenoxy) is 2. The minimum Gasteiger partial charge on any atom is -0.459 e. The fourth-order valence-electron chi connectivity index (χ4n) is 2.89. The molecular weight excluding hydrogens is 469 g/mol. The van der Waals surface area contributed by atoms with Crippen molar-refractivity contribution in [1.29, 1.82) is 0 Å². The smallest absolute Gasteiger partial charge is 0.429 e. The molecule has 1 heterocycles. The molecule has 0 fully saturated rings. The van der Waals surface area contributed by atoms with Crippen molar-refractivity contribution in [3.63, 3.8) is 0 Å². The van der Waals surface area contributed by atoms with Gasteiger partial charge >= 0.3 is 6.11 Å². The number of nitrogens with zero attached hydrogens (tertiary/aromatic N) is 2. The van der Waals surface area contributed by atoms with Gasteiger partial charge in [-0.05, 0) is 24.1 Å². The van der Waals surface area contributed by atoms with Crippen LogP contribution in [0.15, 0.2) is 55.1 Å². The highest BCUT2D eigenvalue weighted by Gasteiger charge is 2.38. The highest BCUT2D eigenvalue weighted by Crippen LogP contribution is 2.36. The summed E-state index contributed by atoms with van der Waals surface area (Å²) in [6, 6.07) is 3.38. The number of aryl methyl sites for hydroxylation is 1. The molecule has 0 saturated heterocycles. The molecule has 0 unspecified atom stereocenters. The first-order valence-corrected chi connectivity index (χ1v) is 9.89. The molecule has 0 N–H and O–H groups in total. The number of aromatic nitrogens is 2. The standard InChI is InChI=1S/C23H17F7N2O2/c1-2-3-13-11-31-22(32-12-13)14-4-5-16(17(24)8-14)23(29,30)34-15-9-18(25)21(19(26)10-15)33-7-6-20(27)28/h4-12,20H,2-3H2,1H3. The van der Waals surface area contributed by atoms with Crippen molar-refractivity contribution < 1.29 is 40.2 Å². The van der Waals surface area contributed by atoms with Crippen molar-refractivity contribution >= 4 is 0 Å². The van der Waals surface area contributed by atoms with E-state index in [4.69, 9.17) is 0 Å². The normalized spacial score (nSPS) is 11.9. The van der Waals surface area contributed by atoms with Gasteiger partial charge in [-0.15, -0.1) is 0 Å². The van der Waals surface area contributed by atoms with E-state index in [-0.39, 0.29) is 17.5 Å². The van der Waals surface area contributed by atoms with Gasteiger partial charge < -0.3 is 9.47 Å². The third-order valence-corrected chi connectivity index (χ3v) is 4.41. The van der Waals surface area contributed by atoms with Crippen LogP contribution in [-0.2, 0) is 12.5 Å². The zero-order valence-corrected chi connectivity index (χ0v) is 17.5. The monoisotopic (exact) mass is 486 g/mol. The van der Waals surface area contributed by atoms with E-state index in [1.54, 1.807) is 12.4 Å². The topological polar surface area (TPSA) is 44.2 Å². The largest absolute Gasteiger partial charge is 0.459 e.